The van der Waals surface area contributed by atoms with Crippen LogP contribution in [-0.2, 0) is 6.54 Å². The highest BCUT2D eigenvalue weighted by Gasteiger charge is 2.13. The van der Waals surface area contributed by atoms with Crippen molar-refractivity contribution < 1.29 is 4.79 Å². The second kappa shape index (κ2) is 7.21. The van der Waals surface area contributed by atoms with E-state index in [0.29, 0.717) is 0 Å². The van der Waals surface area contributed by atoms with Gasteiger partial charge >= 0.3 is 0 Å². The van der Waals surface area contributed by atoms with Crippen LogP contribution in [0.2, 0.25) is 0 Å². The lowest BCUT2D eigenvalue weighted by atomic mass is 10.0. The molecular weight excluding hydrogens is 338 g/mol. The summed E-state index contributed by atoms with van der Waals surface area (Å²) in [6.07, 6.45) is 3.92. The number of benzene rings is 2. The summed E-state index contributed by atoms with van der Waals surface area (Å²) in [6, 6.07) is 15.6. The molecule has 1 heterocycles. The van der Waals surface area contributed by atoms with Gasteiger partial charge in [-0.25, -0.2) is 0 Å². The SMILES string of the molecule is O=C(c1cccc(Br)c1)c1cccc(CN2CCCCC2)c1. The lowest BCUT2D eigenvalue weighted by Gasteiger charge is -2.26. The van der Waals surface area contributed by atoms with Crippen molar-refractivity contribution in [3.63, 3.8) is 0 Å². The third kappa shape index (κ3) is 3.84. The maximum Gasteiger partial charge on any atom is 0.193 e. The van der Waals surface area contributed by atoms with E-state index in [2.05, 4.69) is 26.9 Å². The van der Waals surface area contributed by atoms with Crippen LogP contribution < -0.4 is 0 Å². The van der Waals surface area contributed by atoms with Gasteiger partial charge in [-0.15, -0.1) is 0 Å². The number of likely N-dealkylation sites (tertiary alicyclic amines) is 1. The highest BCUT2D eigenvalue weighted by molar-refractivity contribution is 9.10. The smallest absolute Gasteiger partial charge is 0.193 e. The molecule has 2 nitrogen and oxygen atoms in total. The molecule has 1 aliphatic rings. The predicted molar refractivity (Wildman–Crippen MR) is 93.1 cm³/mol. The normalized spacial score (nSPS) is 15.7. The molecule has 0 radical (unpaired) electrons. The van der Waals surface area contributed by atoms with Crippen LogP contribution in [0.3, 0.4) is 0 Å². The first kappa shape index (κ1) is 15.4. The minimum Gasteiger partial charge on any atom is -0.299 e. The molecule has 114 valence electrons. The predicted octanol–water partition coefficient (Wildman–Crippen LogP) is 4.67. The summed E-state index contributed by atoms with van der Waals surface area (Å²) >= 11 is 3.42. The Labute approximate surface area is 140 Å². The number of carbonyl (C=O) groups excluding carboxylic acids is 1. The maximum atomic E-state index is 12.6. The van der Waals surface area contributed by atoms with Crippen molar-refractivity contribution in [2.75, 3.05) is 13.1 Å². The number of hydrogen-bond acceptors (Lipinski definition) is 2. The molecule has 22 heavy (non-hydrogen) atoms. The Kier molecular flexibility index (Phi) is 5.06. The molecule has 2 aromatic carbocycles. The van der Waals surface area contributed by atoms with Gasteiger partial charge in [-0.1, -0.05) is 52.7 Å². The highest BCUT2D eigenvalue weighted by Crippen LogP contribution is 2.18. The molecule has 0 saturated carbocycles. The lowest BCUT2D eigenvalue weighted by molar-refractivity contribution is 0.103. The van der Waals surface area contributed by atoms with Crippen molar-refractivity contribution in [1.29, 1.82) is 0 Å². The molecule has 1 fully saturated rings. The van der Waals surface area contributed by atoms with E-state index in [1.165, 1.54) is 37.9 Å². The van der Waals surface area contributed by atoms with Crippen LogP contribution in [0.5, 0.6) is 0 Å². The third-order valence-corrected chi connectivity index (χ3v) is 4.62. The van der Waals surface area contributed by atoms with Crippen LogP contribution in [0, 0.1) is 0 Å². The molecule has 0 aromatic heterocycles. The van der Waals surface area contributed by atoms with Gasteiger partial charge in [0.1, 0.15) is 0 Å². The number of piperidine rings is 1. The fraction of sp³-hybridized carbons (Fsp3) is 0.316. The summed E-state index contributed by atoms with van der Waals surface area (Å²) in [5.41, 5.74) is 2.72. The Morgan fingerprint density at radius 1 is 0.955 bits per heavy atom. The summed E-state index contributed by atoms with van der Waals surface area (Å²) in [5.74, 6) is 0.0850. The van der Waals surface area contributed by atoms with E-state index in [1.807, 2.05) is 42.5 Å². The average Bonchev–Trinajstić information content (AvgIpc) is 2.55. The van der Waals surface area contributed by atoms with Crippen molar-refractivity contribution in [2.45, 2.75) is 25.8 Å². The number of nitrogens with zero attached hydrogens (tertiary/aromatic N) is 1. The summed E-state index contributed by atoms with van der Waals surface area (Å²) in [4.78, 5) is 15.1. The fourth-order valence-corrected chi connectivity index (χ4v) is 3.38. The number of hydrogen-bond donors (Lipinski definition) is 0. The summed E-state index contributed by atoms with van der Waals surface area (Å²) < 4.78 is 0.933. The van der Waals surface area contributed by atoms with Gasteiger partial charge in [0.2, 0.25) is 0 Å². The lowest BCUT2D eigenvalue weighted by Crippen LogP contribution is -2.29. The van der Waals surface area contributed by atoms with Crippen molar-refractivity contribution in [3.8, 4) is 0 Å². The maximum absolute atomic E-state index is 12.6. The number of halogens is 1. The van der Waals surface area contributed by atoms with E-state index in [1.54, 1.807) is 0 Å². The van der Waals surface area contributed by atoms with Gasteiger partial charge in [0.05, 0.1) is 0 Å². The molecule has 0 N–H and O–H groups in total. The van der Waals surface area contributed by atoms with Crippen LogP contribution in [0.1, 0.15) is 40.7 Å². The van der Waals surface area contributed by atoms with Gasteiger partial charge in [-0.3, -0.25) is 9.69 Å². The Hall–Kier alpha value is -1.45. The topological polar surface area (TPSA) is 20.3 Å². The number of rotatable bonds is 4. The minimum absolute atomic E-state index is 0.0850. The van der Waals surface area contributed by atoms with Gasteiger partial charge in [-0.05, 0) is 49.7 Å². The summed E-state index contributed by atoms with van der Waals surface area (Å²) in [7, 11) is 0. The number of carbonyl (C=O) groups is 1. The van der Waals surface area contributed by atoms with Gasteiger partial charge in [0, 0.05) is 22.1 Å². The Morgan fingerprint density at radius 2 is 1.64 bits per heavy atom. The molecule has 3 rings (SSSR count). The van der Waals surface area contributed by atoms with Gasteiger partial charge in [0.15, 0.2) is 5.78 Å². The molecule has 3 heteroatoms. The second-order valence-electron chi connectivity index (χ2n) is 5.88. The molecule has 1 saturated heterocycles. The first-order valence-corrected chi connectivity index (χ1v) is 8.63. The third-order valence-electron chi connectivity index (χ3n) is 4.13. The molecule has 0 unspecified atom stereocenters. The van der Waals surface area contributed by atoms with Gasteiger partial charge in [0.25, 0.3) is 0 Å². The zero-order valence-corrected chi connectivity index (χ0v) is 14.2. The average molecular weight is 358 g/mol. The van der Waals surface area contributed by atoms with Crippen LogP contribution in [0.25, 0.3) is 0 Å². The van der Waals surface area contributed by atoms with Crippen LogP contribution in [-0.4, -0.2) is 23.8 Å². The number of ketones is 1. The minimum atomic E-state index is 0.0850. The van der Waals surface area contributed by atoms with Gasteiger partial charge < -0.3 is 0 Å². The van der Waals surface area contributed by atoms with E-state index in [9.17, 15) is 4.79 Å². The zero-order chi connectivity index (χ0) is 15.4. The fourth-order valence-electron chi connectivity index (χ4n) is 2.98. The molecule has 0 aliphatic carbocycles. The van der Waals surface area contributed by atoms with E-state index < -0.39 is 0 Å². The molecule has 0 amide bonds. The quantitative estimate of drug-likeness (QED) is 0.741. The van der Waals surface area contributed by atoms with Crippen LogP contribution in [0.15, 0.2) is 53.0 Å². The molecule has 0 spiro atoms. The molecular formula is C19H20BrNO. The van der Waals surface area contributed by atoms with Crippen LogP contribution in [0.4, 0.5) is 0 Å². The second-order valence-corrected chi connectivity index (χ2v) is 6.79. The van der Waals surface area contributed by atoms with Crippen molar-refractivity contribution in [1.82, 2.24) is 4.90 Å². The molecule has 2 aromatic rings. The van der Waals surface area contributed by atoms with E-state index >= 15 is 0 Å². The van der Waals surface area contributed by atoms with Gasteiger partial charge in [-0.2, -0.15) is 0 Å². The summed E-state index contributed by atoms with van der Waals surface area (Å²) in [6.45, 7) is 3.28. The highest BCUT2D eigenvalue weighted by atomic mass is 79.9. The first-order valence-electron chi connectivity index (χ1n) is 7.84. The zero-order valence-electron chi connectivity index (χ0n) is 12.6. The molecule has 1 aliphatic heterocycles. The largest absolute Gasteiger partial charge is 0.299 e. The first-order chi connectivity index (χ1) is 10.7. The van der Waals surface area contributed by atoms with Crippen LogP contribution >= 0.6 is 15.9 Å². The van der Waals surface area contributed by atoms with E-state index in [-0.39, 0.29) is 5.78 Å². The van der Waals surface area contributed by atoms with E-state index in [0.717, 1.165) is 22.1 Å². The monoisotopic (exact) mass is 357 g/mol. The van der Waals surface area contributed by atoms with E-state index in [4.69, 9.17) is 0 Å². The Bertz CT molecular complexity index is 662. The molecule has 0 atom stereocenters. The molecule has 0 bridgehead atoms. The Balaban J connectivity index is 1.76. The van der Waals surface area contributed by atoms with Crippen molar-refractivity contribution in [3.05, 3.63) is 69.7 Å². The standard InChI is InChI=1S/C19H20BrNO/c20-18-9-5-8-17(13-18)19(22)16-7-4-6-15(12-16)14-21-10-2-1-3-11-21/h4-9,12-13H,1-3,10-11,14H2. The van der Waals surface area contributed by atoms with Crippen molar-refractivity contribution >= 4 is 21.7 Å². The van der Waals surface area contributed by atoms with Crippen molar-refractivity contribution in [2.24, 2.45) is 0 Å². The summed E-state index contributed by atoms with van der Waals surface area (Å²) in [5, 5.41) is 0. The Morgan fingerprint density at radius 3 is 2.36 bits per heavy atom.